The second-order valence-corrected chi connectivity index (χ2v) is 5.68. The second kappa shape index (κ2) is 6.86. The fourth-order valence-electron chi connectivity index (χ4n) is 2.65. The lowest BCUT2D eigenvalue weighted by molar-refractivity contribution is 0.569. The first-order valence-corrected chi connectivity index (χ1v) is 7.60. The van der Waals surface area contributed by atoms with E-state index in [0.717, 1.165) is 12.0 Å². The minimum atomic E-state index is -0.122. The van der Waals surface area contributed by atoms with Gasteiger partial charge in [0.25, 0.3) is 0 Å². The van der Waals surface area contributed by atoms with Crippen molar-refractivity contribution < 1.29 is 4.39 Å². The van der Waals surface area contributed by atoms with Crippen molar-refractivity contribution in [2.45, 2.75) is 39.2 Å². The van der Waals surface area contributed by atoms with E-state index in [0.29, 0.717) is 17.0 Å². The molecule has 0 aliphatic heterocycles. The molecule has 0 saturated heterocycles. The van der Waals surface area contributed by atoms with Gasteiger partial charge in [-0.2, -0.15) is 0 Å². The first-order chi connectivity index (χ1) is 10.1. The number of halogens is 1. The summed E-state index contributed by atoms with van der Waals surface area (Å²) in [6.45, 7) is 6.22. The number of rotatable bonds is 5. The number of nitrogens with one attached hydrogen (secondary N) is 1. The zero-order valence-corrected chi connectivity index (χ0v) is 13.3. The summed E-state index contributed by atoms with van der Waals surface area (Å²) in [6.07, 6.45) is 1.13. The Morgan fingerprint density at radius 2 is 1.67 bits per heavy atom. The summed E-state index contributed by atoms with van der Waals surface area (Å²) >= 11 is 0. The van der Waals surface area contributed by atoms with Crippen LogP contribution < -0.4 is 5.32 Å². The van der Waals surface area contributed by atoms with Crippen LogP contribution in [0.2, 0.25) is 0 Å². The van der Waals surface area contributed by atoms with Crippen molar-refractivity contribution >= 4 is 0 Å². The maximum absolute atomic E-state index is 14.3. The van der Waals surface area contributed by atoms with E-state index < -0.39 is 0 Å². The lowest BCUT2D eigenvalue weighted by Crippen LogP contribution is -2.19. The molecule has 2 unspecified atom stereocenters. The smallest absolute Gasteiger partial charge is 0.131 e. The molecule has 2 aromatic carbocycles. The van der Waals surface area contributed by atoms with Crippen LogP contribution in [0.3, 0.4) is 0 Å². The molecule has 21 heavy (non-hydrogen) atoms. The number of aryl methyl sites for hydroxylation is 1. The van der Waals surface area contributed by atoms with Crippen LogP contribution in [-0.2, 0) is 0 Å². The number of benzene rings is 2. The predicted molar refractivity (Wildman–Crippen MR) is 87.2 cm³/mol. The van der Waals surface area contributed by atoms with Crippen LogP contribution in [0.5, 0.6) is 0 Å². The Bertz CT molecular complexity index is 589. The fourth-order valence-corrected chi connectivity index (χ4v) is 2.65. The molecule has 0 spiro atoms. The van der Waals surface area contributed by atoms with E-state index in [-0.39, 0.29) is 11.9 Å². The van der Waals surface area contributed by atoms with Crippen molar-refractivity contribution in [2.24, 2.45) is 0 Å². The van der Waals surface area contributed by atoms with E-state index in [1.807, 2.05) is 19.2 Å². The lowest BCUT2D eigenvalue weighted by atomic mass is 9.93. The molecule has 0 amide bonds. The molecule has 2 rings (SSSR count). The summed E-state index contributed by atoms with van der Waals surface area (Å²) in [4.78, 5) is 0. The first kappa shape index (κ1) is 15.7. The zero-order valence-electron chi connectivity index (χ0n) is 13.3. The molecule has 0 bridgehead atoms. The van der Waals surface area contributed by atoms with Gasteiger partial charge in [-0.15, -0.1) is 0 Å². The van der Waals surface area contributed by atoms with Gasteiger partial charge in [-0.25, -0.2) is 4.39 Å². The van der Waals surface area contributed by atoms with Gasteiger partial charge < -0.3 is 5.32 Å². The Morgan fingerprint density at radius 3 is 2.24 bits per heavy atom. The molecule has 0 fully saturated rings. The molecular formula is C19H24FN. The Morgan fingerprint density at radius 1 is 1.05 bits per heavy atom. The van der Waals surface area contributed by atoms with E-state index in [1.165, 1.54) is 5.56 Å². The molecule has 1 N–H and O–H groups in total. The van der Waals surface area contributed by atoms with E-state index >= 15 is 0 Å². The van der Waals surface area contributed by atoms with Crippen molar-refractivity contribution in [3.8, 4) is 0 Å². The predicted octanol–water partition coefficient (Wildman–Crippen LogP) is 4.96. The summed E-state index contributed by atoms with van der Waals surface area (Å²) in [5.74, 6) is 0.436. The Hall–Kier alpha value is -1.67. The standard InChI is InChI=1S/C19H24FN/c1-5-13(2)15-9-11-16(12-10-15)19(21-4)17-8-6-7-14(3)18(17)20/h6-13,19,21H,5H2,1-4H3. The third kappa shape index (κ3) is 3.33. The normalized spacial score (nSPS) is 14.0. The molecule has 0 heterocycles. The maximum Gasteiger partial charge on any atom is 0.131 e. The van der Waals surface area contributed by atoms with Gasteiger partial charge in [-0.1, -0.05) is 56.3 Å². The minimum Gasteiger partial charge on any atom is -0.309 e. The van der Waals surface area contributed by atoms with Crippen LogP contribution >= 0.6 is 0 Å². The highest BCUT2D eigenvalue weighted by Crippen LogP contribution is 2.27. The number of hydrogen-bond acceptors (Lipinski definition) is 1. The molecule has 2 heteroatoms. The van der Waals surface area contributed by atoms with Gasteiger partial charge >= 0.3 is 0 Å². The summed E-state index contributed by atoms with van der Waals surface area (Å²) in [6, 6.07) is 14.0. The highest BCUT2D eigenvalue weighted by Gasteiger charge is 2.17. The monoisotopic (exact) mass is 285 g/mol. The van der Waals surface area contributed by atoms with Gasteiger partial charge in [-0.05, 0) is 43.0 Å². The van der Waals surface area contributed by atoms with E-state index in [9.17, 15) is 4.39 Å². The van der Waals surface area contributed by atoms with Crippen molar-refractivity contribution in [3.05, 3.63) is 70.5 Å². The number of hydrogen-bond donors (Lipinski definition) is 1. The quantitative estimate of drug-likeness (QED) is 0.819. The molecular weight excluding hydrogens is 261 g/mol. The molecule has 1 nitrogen and oxygen atoms in total. The molecule has 0 aliphatic carbocycles. The molecule has 112 valence electrons. The lowest BCUT2D eigenvalue weighted by Gasteiger charge is -2.20. The fraction of sp³-hybridized carbons (Fsp3) is 0.368. The van der Waals surface area contributed by atoms with Crippen molar-refractivity contribution in [3.63, 3.8) is 0 Å². The van der Waals surface area contributed by atoms with Crippen molar-refractivity contribution in [1.29, 1.82) is 0 Å². The first-order valence-electron chi connectivity index (χ1n) is 7.60. The van der Waals surface area contributed by atoms with Gasteiger partial charge in [0, 0.05) is 5.56 Å². The third-order valence-corrected chi connectivity index (χ3v) is 4.27. The average molecular weight is 285 g/mol. The van der Waals surface area contributed by atoms with Crippen LogP contribution in [0.25, 0.3) is 0 Å². The topological polar surface area (TPSA) is 12.0 Å². The van der Waals surface area contributed by atoms with Crippen molar-refractivity contribution in [1.82, 2.24) is 5.32 Å². The van der Waals surface area contributed by atoms with Crippen LogP contribution in [0.1, 0.15) is 54.5 Å². The van der Waals surface area contributed by atoms with Gasteiger partial charge in [0.15, 0.2) is 0 Å². The highest BCUT2D eigenvalue weighted by molar-refractivity contribution is 5.37. The Kier molecular flexibility index (Phi) is 5.13. The van der Waals surface area contributed by atoms with Gasteiger partial charge in [0.2, 0.25) is 0 Å². The molecule has 0 radical (unpaired) electrons. The Balaban J connectivity index is 2.35. The van der Waals surface area contributed by atoms with Crippen LogP contribution in [0, 0.1) is 12.7 Å². The van der Waals surface area contributed by atoms with E-state index in [4.69, 9.17) is 0 Å². The summed E-state index contributed by atoms with van der Waals surface area (Å²) in [5, 5.41) is 3.23. The average Bonchev–Trinajstić information content (AvgIpc) is 2.52. The van der Waals surface area contributed by atoms with Gasteiger partial charge in [0.1, 0.15) is 5.82 Å². The summed E-state index contributed by atoms with van der Waals surface area (Å²) in [5.41, 5.74) is 3.81. The third-order valence-electron chi connectivity index (χ3n) is 4.27. The SMILES string of the molecule is CCC(C)c1ccc(C(NC)c2cccc(C)c2F)cc1. The molecule has 2 aromatic rings. The largest absolute Gasteiger partial charge is 0.309 e. The molecule has 0 aliphatic rings. The van der Waals surface area contributed by atoms with E-state index in [2.05, 4.69) is 43.4 Å². The summed E-state index contributed by atoms with van der Waals surface area (Å²) < 4.78 is 14.3. The Labute approximate surface area is 127 Å². The van der Waals surface area contributed by atoms with Gasteiger partial charge in [-0.3, -0.25) is 0 Å². The molecule has 0 aromatic heterocycles. The van der Waals surface area contributed by atoms with Gasteiger partial charge in [0.05, 0.1) is 6.04 Å². The molecule has 0 saturated carbocycles. The maximum atomic E-state index is 14.3. The summed E-state index contributed by atoms with van der Waals surface area (Å²) in [7, 11) is 1.87. The van der Waals surface area contributed by atoms with Crippen LogP contribution in [0.4, 0.5) is 4.39 Å². The zero-order chi connectivity index (χ0) is 15.4. The molecule has 2 atom stereocenters. The second-order valence-electron chi connectivity index (χ2n) is 5.68. The highest BCUT2D eigenvalue weighted by atomic mass is 19.1. The van der Waals surface area contributed by atoms with E-state index in [1.54, 1.807) is 13.0 Å². The van der Waals surface area contributed by atoms with Crippen molar-refractivity contribution in [2.75, 3.05) is 7.05 Å². The van der Waals surface area contributed by atoms with Crippen LogP contribution in [0.15, 0.2) is 42.5 Å². The minimum absolute atomic E-state index is 0.115. The van der Waals surface area contributed by atoms with Crippen LogP contribution in [-0.4, -0.2) is 7.05 Å².